The summed E-state index contributed by atoms with van der Waals surface area (Å²) in [5, 5.41) is 18.7. The van der Waals surface area contributed by atoms with Gasteiger partial charge in [-0.05, 0) is 30.5 Å². The first kappa shape index (κ1) is 17.9. The number of benzene rings is 1. The van der Waals surface area contributed by atoms with Gasteiger partial charge in [0.05, 0.1) is 19.3 Å². The van der Waals surface area contributed by atoms with Crippen molar-refractivity contribution in [3.8, 4) is 0 Å². The van der Waals surface area contributed by atoms with Gasteiger partial charge < -0.3 is 10.2 Å². The van der Waals surface area contributed by atoms with Crippen LogP contribution in [0.15, 0.2) is 18.2 Å². The van der Waals surface area contributed by atoms with E-state index in [-0.39, 0.29) is 19.5 Å². The molecule has 0 heterocycles. The van der Waals surface area contributed by atoms with Gasteiger partial charge in [0.2, 0.25) is 0 Å². The Morgan fingerprint density at radius 2 is 1.90 bits per heavy atom. The van der Waals surface area contributed by atoms with Crippen LogP contribution in [-0.4, -0.2) is 47.5 Å². The van der Waals surface area contributed by atoms with E-state index < -0.39 is 31.2 Å². The van der Waals surface area contributed by atoms with Gasteiger partial charge in [0, 0.05) is 13.1 Å². The molecule has 1 aromatic rings. The van der Waals surface area contributed by atoms with E-state index in [0.29, 0.717) is 11.1 Å². The van der Waals surface area contributed by atoms with Gasteiger partial charge in [-0.1, -0.05) is 12.1 Å². The number of rotatable bonds is 7. The van der Waals surface area contributed by atoms with Crippen LogP contribution >= 0.6 is 0 Å². The van der Waals surface area contributed by atoms with Crippen LogP contribution in [0.3, 0.4) is 0 Å². The van der Waals surface area contributed by atoms with Crippen LogP contribution in [-0.2, 0) is 0 Å². The summed E-state index contributed by atoms with van der Waals surface area (Å²) < 4.78 is 50.4. The molecule has 0 radical (unpaired) electrons. The number of nitrogens with zero attached hydrogens (tertiary/aromatic N) is 1. The molecule has 0 aromatic heterocycles. The second kappa shape index (κ2) is 7.72. The lowest BCUT2D eigenvalue weighted by atomic mass is 10.0. The van der Waals surface area contributed by atoms with Gasteiger partial charge in [0.15, 0.2) is 0 Å². The molecule has 3 nitrogen and oxygen atoms in total. The van der Waals surface area contributed by atoms with Crippen molar-refractivity contribution in [2.45, 2.75) is 25.6 Å². The number of aryl methyl sites for hydroxylation is 1. The quantitative estimate of drug-likeness (QED) is 0.760. The Hall–Kier alpha value is -1.18. The van der Waals surface area contributed by atoms with Crippen molar-refractivity contribution in [2.75, 3.05) is 26.2 Å². The van der Waals surface area contributed by atoms with Gasteiger partial charge in [-0.25, -0.2) is 4.39 Å². The fourth-order valence-corrected chi connectivity index (χ4v) is 1.95. The van der Waals surface area contributed by atoms with E-state index in [1.165, 1.54) is 12.1 Å². The smallest absolute Gasteiger partial charge is 0.395 e. The average Bonchev–Trinajstić information content (AvgIpc) is 2.37. The number of aliphatic hydroxyl groups excluding tert-OH is 2. The lowest BCUT2D eigenvalue weighted by Crippen LogP contribution is -2.37. The second-order valence-electron chi connectivity index (χ2n) is 4.93. The maximum Gasteiger partial charge on any atom is 0.401 e. The molecule has 7 heteroatoms. The molecule has 0 amide bonds. The minimum absolute atomic E-state index is 0.0264. The molecule has 0 fully saturated rings. The highest BCUT2D eigenvalue weighted by Crippen LogP contribution is 2.21. The van der Waals surface area contributed by atoms with Crippen LogP contribution in [0.1, 0.15) is 23.7 Å². The van der Waals surface area contributed by atoms with Gasteiger partial charge in [0.1, 0.15) is 5.82 Å². The lowest BCUT2D eigenvalue weighted by Gasteiger charge is -2.24. The number of hydrogen-bond acceptors (Lipinski definition) is 3. The van der Waals surface area contributed by atoms with E-state index >= 15 is 0 Å². The molecule has 1 aromatic carbocycles. The van der Waals surface area contributed by atoms with Gasteiger partial charge in [0.25, 0.3) is 0 Å². The molecule has 0 bridgehead atoms. The highest BCUT2D eigenvalue weighted by atomic mass is 19.4. The zero-order chi connectivity index (χ0) is 16.0. The normalized spacial score (nSPS) is 13.7. The molecule has 0 spiro atoms. The van der Waals surface area contributed by atoms with Crippen molar-refractivity contribution >= 4 is 0 Å². The summed E-state index contributed by atoms with van der Waals surface area (Å²) in [4.78, 5) is 1.01. The van der Waals surface area contributed by atoms with Crippen LogP contribution in [0.25, 0.3) is 0 Å². The second-order valence-corrected chi connectivity index (χ2v) is 4.93. The van der Waals surface area contributed by atoms with Gasteiger partial charge >= 0.3 is 6.18 Å². The maximum atomic E-state index is 13.4. The first-order valence-corrected chi connectivity index (χ1v) is 6.57. The van der Waals surface area contributed by atoms with Crippen LogP contribution in [0, 0.1) is 12.7 Å². The highest BCUT2D eigenvalue weighted by molar-refractivity contribution is 5.24. The summed E-state index contributed by atoms with van der Waals surface area (Å²) in [7, 11) is 0. The van der Waals surface area contributed by atoms with Crippen molar-refractivity contribution in [1.82, 2.24) is 4.90 Å². The van der Waals surface area contributed by atoms with Crippen molar-refractivity contribution in [3.63, 3.8) is 0 Å². The third kappa shape index (κ3) is 6.41. The Balaban J connectivity index is 2.59. The van der Waals surface area contributed by atoms with E-state index in [1.54, 1.807) is 13.0 Å². The summed E-state index contributed by atoms with van der Waals surface area (Å²) in [5.74, 6) is -0.464. The zero-order valence-electron chi connectivity index (χ0n) is 11.7. The lowest BCUT2D eigenvalue weighted by molar-refractivity contribution is -0.147. The Labute approximate surface area is 120 Å². The van der Waals surface area contributed by atoms with Gasteiger partial charge in [-0.2, -0.15) is 13.2 Å². The molecule has 2 N–H and O–H groups in total. The fourth-order valence-electron chi connectivity index (χ4n) is 1.95. The zero-order valence-corrected chi connectivity index (χ0v) is 11.7. The standard InChI is InChI=1S/C14H19F4NO2/c1-10-2-3-11(8-12(10)15)13(21)4-5-19(6-7-20)9-14(16,17)18/h2-3,8,13,20-21H,4-7,9H2,1H3. The topological polar surface area (TPSA) is 43.7 Å². The first-order valence-electron chi connectivity index (χ1n) is 6.57. The molecule has 0 aliphatic rings. The summed E-state index contributed by atoms with van der Waals surface area (Å²) >= 11 is 0. The van der Waals surface area contributed by atoms with Gasteiger partial charge in [-0.15, -0.1) is 0 Å². The van der Waals surface area contributed by atoms with Crippen molar-refractivity contribution < 1.29 is 27.8 Å². The van der Waals surface area contributed by atoms with Crippen molar-refractivity contribution in [2.24, 2.45) is 0 Å². The number of aliphatic hydroxyl groups is 2. The van der Waals surface area contributed by atoms with Crippen molar-refractivity contribution in [3.05, 3.63) is 35.1 Å². The Morgan fingerprint density at radius 1 is 1.24 bits per heavy atom. The van der Waals surface area contributed by atoms with E-state index in [2.05, 4.69) is 0 Å². The number of halogens is 4. The molecule has 0 saturated heterocycles. The molecule has 0 saturated carbocycles. The minimum atomic E-state index is -4.36. The predicted molar refractivity (Wildman–Crippen MR) is 70.3 cm³/mol. The molecule has 21 heavy (non-hydrogen) atoms. The summed E-state index contributed by atoms with van der Waals surface area (Å²) in [6, 6.07) is 4.23. The summed E-state index contributed by atoms with van der Waals surface area (Å²) in [6.45, 7) is -0.142. The first-order chi connectivity index (χ1) is 9.73. The Bertz CT molecular complexity index is 451. The van der Waals surface area contributed by atoms with Crippen LogP contribution in [0.2, 0.25) is 0 Å². The van der Waals surface area contributed by atoms with E-state index in [4.69, 9.17) is 5.11 Å². The monoisotopic (exact) mass is 309 g/mol. The third-order valence-corrected chi connectivity index (χ3v) is 3.12. The molecule has 1 unspecified atom stereocenters. The fraction of sp³-hybridized carbons (Fsp3) is 0.571. The van der Waals surface area contributed by atoms with Crippen molar-refractivity contribution in [1.29, 1.82) is 0 Å². The summed E-state index contributed by atoms with van der Waals surface area (Å²) in [5.41, 5.74) is 0.763. The number of hydrogen-bond donors (Lipinski definition) is 2. The highest BCUT2D eigenvalue weighted by Gasteiger charge is 2.30. The number of alkyl halides is 3. The van der Waals surface area contributed by atoms with Crippen LogP contribution in [0.4, 0.5) is 17.6 Å². The molecule has 1 rings (SSSR count). The summed E-state index contributed by atoms with van der Waals surface area (Å²) in [6.07, 6.45) is -5.39. The maximum absolute atomic E-state index is 13.4. The molecule has 0 aliphatic heterocycles. The third-order valence-electron chi connectivity index (χ3n) is 3.12. The van der Waals surface area contributed by atoms with Crippen LogP contribution in [0.5, 0.6) is 0 Å². The van der Waals surface area contributed by atoms with E-state index in [1.807, 2.05) is 0 Å². The minimum Gasteiger partial charge on any atom is -0.395 e. The predicted octanol–water partition coefficient (Wildman–Crippen LogP) is 2.41. The Morgan fingerprint density at radius 3 is 2.43 bits per heavy atom. The molecular formula is C14H19F4NO2. The Kier molecular flexibility index (Phi) is 6.57. The molecular weight excluding hydrogens is 290 g/mol. The molecule has 1 atom stereocenters. The van der Waals surface area contributed by atoms with Crippen LogP contribution < -0.4 is 0 Å². The SMILES string of the molecule is Cc1ccc(C(O)CCN(CCO)CC(F)(F)F)cc1F. The largest absolute Gasteiger partial charge is 0.401 e. The van der Waals surface area contributed by atoms with Gasteiger partial charge in [-0.3, -0.25) is 4.90 Å². The molecule has 0 aliphatic carbocycles. The van der Waals surface area contributed by atoms with E-state index in [0.717, 1.165) is 4.90 Å². The molecule has 120 valence electrons. The average molecular weight is 309 g/mol. The van der Waals surface area contributed by atoms with E-state index in [9.17, 15) is 22.7 Å².